The van der Waals surface area contributed by atoms with E-state index in [9.17, 15) is 22.8 Å². The van der Waals surface area contributed by atoms with Crippen LogP contribution in [-0.4, -0.2) is 42.0 Å². The minimum Gasteiger partial charge on any atom is -0.497 e. The summed E-state index contributed by atoms with van der Waals surface area (Å²) in [6, 6.07) is 9.40. The number of nitrogens with zero attached hydrogens (tertiary/aromatic N) is 1. The summed E-state index contributed by atoms with van der Waals surface area (Å²) in [5, 5.41) is 2.36. The Morgan fingerprint density at radius 1 is 1.20 bits per heavy atom. The predicted molar refractivity (Wildman–Crippen MR) is 107 cm³/mol. The molecule has 1 saturated heterocycles. The molecule has 2 aromatic rings. The van der Waals surface area contributed by atoms with Crippen molar-refractivity contribution in [1.82, 2.24) is 4.90 Å². The van der Waals surface area contributed by atoms with Crippen LogP contribution in [0.15, 0.2) is 42.5 Å². The van der Waals surface area contributed by atoms with Gasteiger partial charge in [0.2, 0.25) is 5.91 Å². The lowest BCUT2D eigenvalue weighted by Gasteiger charge is -2.17. The number of methoxy groups -OCH3 is 1. The molecule has 0 aliphatic carbocycles. The van der Waals surface area contributed by atoms with Gasteiger partial charge in [-0.3, -0.25) is 9.59 Å². The van der Waals surface area contributed by atoms with Crippen LogP contribution in [0.1, 0.15) is 12.0 Å². The van der Waals surface area contributed by atoms with Gasteiger partial charge in [-0.25, -0.2) is 0 Å². The Hall–Kier alpha value is -2.88. The van der Waals surface area contributed by atoms with Crippen molar-refractivity contribution in [3.8, 4) is 17.2 Å². The molecule has 1 N–H and O–H groups in total. The maximum atomic E-state index is 13.1. The number of hydrogen-bond acceptors (Lipinski definition) is 5. The summed E-state index contributed by atoms with van der Waals surface area (Å²) in [7, 11) is 1.48. The van der Waals surface area contributed by atoms with Crippen LogP contribution in [0.3, 0.4) is 0 Å². The van der Waals surface area contributed by atoms with Gasteiger partial charge in [0.1, 0.15) is 11.5 Å². The van der Waals surface area contributed by atoms with Gasteiger partial charge in [-0.05, 0) is 30.3 Å². The van der Waals surface area contributed by atoms with Crippen LogP contribution in [0.25, 0.3) is 0 Å². The van der Waals surface area contributed by atoms with Crippen LogP contribution >= 0.6 is 11.8 Å². The van der Waals surface area contributed by atoms with Crippen molar-refractivity contribution in [2.45, 2.75) is 12.6 Å². The number of hydrogen-bond donors (Lipinski definition) is 1. The molecular weight excluding hydrogens is 421 g/mol. The summed E-state index contributed by atoms with van der Waals surface area (Å²) in [6.45, 7) is 0.743. The second-order valence-electron chi connectivity index (χ2n) is 6.39. The highest BCUT2D eigenvalue weighted by Crippen LogP contribution is 2.37. The minimum absolute atomic E-state index is 0.0405. The zero-order valence-corrected chi connectivity index (χ0v) is 16.8. The predicted octanol–water partition coefficient (Wildman–Crippen LogP) is 5.00. The van der Waals surface area contributed by atoms with Crippen molar-refractivity contribution < 1.29 is 32.2 Å². The SMILES string of the molecule is COc1cccc(Oc2ccc(C(F)(F)F)cc2NC(=O)CCN2CCSC2=O)c1. The standard InChI is InChI=1S/C20H19F3N2O4S/c1-28-14-3-2-4-15(12-14)29-17-6-5-13(20(21,22)23)11-16(17)24-18(26)7-8-25-9-10-30-19(25)27/h2-6,11-12H,7-10H2,1H3,(H,24,26). The number of benzene rings is 2. The Labute approximate surface area is 175 Å². The lowest BCUT2D eigenvalue weighted by atomic mass is 10.1. The van der Waals surface area contributed by atoms with Crippen molar-refractivity contribution in [3.63, 3.8) is 0 Å². The zero-order chi connectivity index (χ0) is 21.7. The van der Waals surface area contributed by atoms with Gasteiger partial charge in [-0.15, -0.1) is 0 Å². The average Bonchev–Trinajstić information content (AvgIpc) is 3.12. The lowest BCUT2D eigenvalue weighted by molar-refractivity contribution is -0.137. The first kappa shape index (κ1) is 21.8. The highest BCUT2D eigenvalue weighted by Gasteiger charge is 2.31. The van der Waals surface area contributed by atoms with Crippen molar-refractivity contribution in [2.75, 3.05) is 31.3 Å². The van der Waals surface area contributed by atoms with Gasteiger partial charge in [0, 0.05) is 31.3 Å². The van der Waals surface area contributed by atoms with E-state index in [-0.39, 0.29) is 29.6 Å². The van der Waals surface area contributed by atoms with Crippen LogP contribution in [0.2, 0.25) is 0 Å². The van der Waals surface area contributed by atoms with Gasteiger partial charge in [-0.2, -0.15) is 13.2 Å². The molecule has 0 aromatic heterocycles. The summed E-state index contributed by atoms with van der Waals surface area (Å²) < 4.78 is 50.2. The number of rotatable bonds is 7. The van der Waals surface area contributed by atoms with E-state index >= 15 is 0 Å². The first-order valence-corrected chi connectivity index (χ1v) is 9.99. The molecule has 10 heteroatoms. The van der Waals surface area contributed by atoms with Crippen molar-refractivity contribution >= 4 is 28.6 Å². The Kier molecular flexibility index (Phi) is 6.76. The van der Waals surface area contributed by atoms with E-state index < -0.39 is 17.6 Å². The summed E-state index contributed by atoms with van der Waals surface area (Å²) >= 11 is 1.17. The van der Waals surface area contributed by atoms with E-state index in [0.29, 0.717) is 23.8 Å². The second-order valence-corrected chi connectivity index (χ2v) is 7.44. The van der Waals surface area contributed by atoms with Crippen molar-refractivity contribution in [3.05, 3.63) is 48.0 Å². The third-order valence-electron chi connectivity index (χ3n) is 4.30. The number of nitrogens with one attached hydrogen (secondary N) is 1. The first-order valence-electron chi connectivity index (χ1n) is 9.01. The van der Waals surface area contributed by atoms with Crippen LogP contribution in [0.4, 0.5) is 23.7 Å². The molecule has 160 valence electrons. The second kappa shape index (κ2) is 9.29. The van der Waals surface area contributed by atoms with E-state index in [4.69, 9.17) is 9.47 Å². The Morgan fingerprint density at radius 2 is 1.97 bits per heavy atom. The summed E-state index contributed by atoms with van der Waals surface area (Å²) in [5.74, 6) is 1.04. The molecule has 30 heavy (non-hydrogen) atoms. The highest BCUT2D eigenvalue weighted by molar-refractivity contribution is 8.13. The van der Waals surface area contributed by atoms with Crippen LogP contribution in [0, 0.1) is 0 Å². The van der Waals surface area contributed by atoms with Crippen molar-refractivity contribution in [1.29, 1.82) is 0 Å². The molecule has 1 aliphatic rings. The van der Waals surface area contributed by atoms with Crippen molar-refractivity contribution in [2.24, 2.45) is 0 Å². The Balaban J connectivity index is 1.78. The topological polar surface area (TPSA) is 67.9 Å². The van der Waals surface area contributed by atoms with Gasteiger partial charge in [0.15, 0.2) is 5.75 Å². The molecule has 2 aromatic carbocycles. The Morgan fingerprint density at radius 3 is 2.63 bits per heavy atom. The summed E-state index contributed by atoms with van der Waals surface area (Å²) in [4.78, 5) is 25.5. The van der Waals surface area contributed by atoms with Crippen LogP contribution in [-0.2, 0) is 11.0 Å². The molecular formula is C20H19F3N2O4S. The maximum absolute atomic E-state index is 13.1. The number of ether oxygens (including phenoxy) is 2. The number of amides is 2. The maximum Gasteiger partial charge on any atom is 0.416 e. The summed E-state index contributed by atoms with van der Waals surface area (Å²) in [6.07, 6.45) is -4.62. The van der Waals surface area contributed by atoms with Crippen LogP contribution < -0.4 is 14.8 Å². The van der Waals surface area contributed by atoms with Crippen LogP contribution in [0.5, 0.6) is 17.2 Å². The van der Waals surface area contributed by atoms with E-state index in [2.05, 4.69) is 5.32 Å². The quantitative estimate of drug-likeness (QED) is 0.656. The third kappa shape index (κ3) is 5.59. The zero-order valence-electron chi connectivity index (χ0n) is 16.0. The molecule has 0 radical (unpaired) electrons. The largest absolute Gasteiger partial charge is 0.497 e. The summed E-state index contributed by atoms with van der Waals surface area (Å²) in [5.41, 5.74) is -1.03. The number of thioether (sulfide) groups is 1. The molecule has 0 bridgehead atoms. The molecule has 0 saturated carbocycles. The molecule has 3 rings (SSSR count). The average molecular weight is 440 g/mol. The number of halogens is 3. The first-order chi connectivity index (χ1) is 14.3. The van der Waals surface area contributed by atoms with Gasteiger partial charge < -0.3 is 19.7 Å². The number of carbonyl (C=O) groups excluding carboxylic acids is 2. The fraction of sp³-hybridized carbons (Fsp3) is 0.300. The van der Waals surface area contributed by atoms with Gasteiger partial charge in [0.25, 0.3) is 5.24 Å². The molecule has 0 atom stereocenters. The number of anilines is 1. The molecule has 1 fully saturated rings. The smallest absolute Gasteiger partial charge is 0.416 e. The lowest BCUT2D eigenvalue weighted by Crippen LogP contribution is -2.27. The molecule has 1 aliphatic heterocycles. The Bertz CT molecular complexity index is 937. The van der Waals surface area contributed by atoms with E-state index in [1.165, 1.54) is 23.8 Å². The van der Waals surface area contributed by atoms with Gasteiger partial charge in [0.05, 0.1) is 18.4 Å². The monoisotopic (exact) mass is 440 g/mol. The van der Waals surface area contributed by atoms with E-state index in [1.54, 1.807) is 24.3 Å². The molecule has 6 nitrogen and oxygen atoms in total. The normalized spacial score (nSPS) is 14.0. The highest BCUT2D eigenvalue weighted by atomic mass is 32.2. The minimum atomic E-state index is -4.58. The van der Waals surface area contributed by atoms with Gasteiger partial charge in [-0.1, -0.05) is 17.8 Å². The fourth-order valence-electron chi connectivity index (χ4n) is 2.76. The number of carbonyl (C=O) groups is 2. The molecule has 0 spiro atoms. The third-order valence-corrected chi connectivity index (χ3v) is 5.20. The van der Waals surface area contributed by atoms with E-state index in [1.807, 2.05) is 0 Å². The molecule has 1 heterocycles. The fourth-order valence-corrected chi connectivity index (χ4v) is 3.61. The van der Waals surface area contributed by atoms with Gasteiger partial charge >= 0.3 is 6.18 Å². The number of alkyl halides is 3. The molecule has 0 unspecified atom stereocenters. The van der Waals surface area contributed by atoms with E-state index in [0.717, 1.165) is 18.2 Å². The molecule has 2 amide bonds.